The minimum absolute atomic E-state index is 0.202. The molecule has 3 saturated heterocycles. The second-order valence-corrected chi connectivity index (χ2v) is 21.2. The van der Waals surface area contributed by atoms with Crippen LogP contribution in [0.25, 0.3) is 0 Å². The summed E-state index contributed by atoms with van der Waals surface area (Å²) < 4.78 is 34.6. The van der Waals surface area contributed by atoms with Crippen LogP contribution in [-0.4, -0.2) is 215 Å². The molecule has 450 valence electrons. The van der Waals surface area contributed by atoms with Crippen LogP contribution in [0.4, 0.5) is 0 Å². The number of carbonyl (C=O) groups is 3. The van der Waals surface area contributed by atoms with Crippen LogP contribution < -0.4 is 10.6 Å². The molecule has 77 heavy (non-hydrogen) atoms. The summed E-state index contributed by atoms with van der Waals surface area (Å²) in [6, 6.07) is -2.61. The molecule has 3 fully saturated rings. The topological polar surface area (TPSA) is 373 Å². The van der Waals surface area contributed by atoms with Crippen molar-refractivity contribution in [3.05, 3.63) is 12.2 Å². The molecule has 0 aromatic carbocycles. The Morgan fingerprint density at radius 3 is 1.73 bits per heavy atom. The number of nitrogens with one attached hydrogen (secondary N) is 2. The summed E-state index contributed by atoms with van der Waals surface area (Å²) in [6.45, 7) is 2.04. The van der Waals surface area contributed by atoms with Gasteiger partial charge in [0, 0.05) is 19.8 Å². The number of hydrogen-bond donors (Lipinski definition) is 14. The third-order valence-corrected chi connectivity index (χ3v) is 14.7. The molecule has 18 atom stereocenters. The zero-order valence-corrected chi connectivity index (χ0v) is 45.8. The average Bonchev–Trinajstić information content (AvgIpc) is 3.40. The van der Waals surface area contributed by atoms with Gasteiger partial charge in [-0.15, -0.1) is 0 Å². The van der Waals surface area contributed by atoms with Gasteiger partial charge in [0.05, 0.1) is 50.7 Å². The zero-order valence-electron chi connectivity index (χ0n) is 45.8. The van der Waals surface area contributed by atoms with Crippen LogP contribution >= 0.6 is 0 Å². The van der Waals surface area contributed by atoms with Crippen molar-refractivity contribution < 1.29 is 104 Å². The molecule has 3 aliphatic rings. The van der Waals surface area contributed by atoms with Crippen LogP contribution in [0.1, 0.15) is 175 Å². The molecule has 23 heteroatoms. The molecule has 0 bridgehead atoms. The summed E-state index contributed by atoms with van der Waals surface area (Å²) >= 11 is 0. The Hall–Kier alpha value is -2.53. The van der Waals surface area contributed by atoms with E-state index < -0.39 is 155 Å². The third-order valence-electron chi connectivity index (χ3n) is 14.7. The number of allylic oxidation sites excluding steroid dienone is 1. The van der Waals surface area contributed by atoms with Gasteiger partial charge in [-0.05, 0) is 19.3 Å². The molecule has 0 aromatic heterocycles. The fourth-order valence-electron chi connectivity index (χ4n) is 10.1. The lowest BCUT2D eigenvalue weighted by Gasteiger charge is -2.50. The minimum Gasteiger partial charge on any atom is -0.477 e. The van der Waals surface area contributed by atoms with E-state index in [9.17, 15) is 75.7 Å². The van der Waals surface area contributed by atoms with Gasteiger partial charge in [-0.2, -0.15) is 0 Å². The highest BCUT2D eigenvalue weighted by Gasteiger charge is 2.60. The fourth-order valence-corrected chi connectivity index (χ4v) is 10.1. The summed E-state index contributed by atoms with van der Waals surface area (Å²) in [7, 11) is 0. The first-order valence-electron chi connectivity index (χ1n) is 28.6. The number of carboxylic acids is 1. The first-order valence-corrected chi connectivity index (χ1v) is 28.6. The van der Waals surface area contributed by atoms with Gasteiger partial charge in [-0.3, -0.25) is 9.59 Å². The molecule has 0 spiro atoms. The van der Waals surface area contributed by atoms with E-state index in [1.807, 2.05) is 6.08 Å². The van der Waals surface area contributed by atoms with Gasteiger partial charge >= 0.3 is 5.97 Å². The highest BCUT2D eigenvalue weighted by atomic mass is 16.8. The van der Waals surface area contributed by atoms with Crippen LogP contribution in [0.2, 0.25) is 0 Å². The van der Waals surface area contributed by atoms with Gasteiger partial charge in [-0.1, -0.05) is 148 Å². The van der Waals surface area contributed by atoms with Crippen LogP contribution in [0.3, 0.4) is 0 Å². The SMILES string of the molecule is CCCCCCCCCCCCCC/C=C/C(O)C(COC1OC(CO)C(OC2OC(CO)C(O)C(OC3(C(=O)O)CC(O)C(NC(C)=O)C(C(O)C(O)CO)O3)C2O)C(O)C1O)NC(=O)CCCCCCCCCCC. The Bertz CT molecular complexity index is 1650. The van der Waals surface area contributed by atoms with Crippen LogP contribution in [-0.2, 0) is 42.8 Å². The van der Waals surface area contributed by atoms with Crippen molar-refractivity contribution in [3.63, 3.8) is 0 Å². The van der Waals surface area contributed by atoms with Crippen molar-refractivity contribution in [2.75, 3.05) is 26.4 Å². The lowest BCUT2D eigenvalue weighted by Crippen LogP contribution is -2.70. The molecule has 2 amide bonds. The van der Waals surface area contributed by atoms with E-state index in [0.717, 1.165) is 51.9 Å². The molecule has 3 aliphatic heterocycles. The van der Waals surface area contributed by atoms with E-state index in [2.05, 4.69) is 24.5 Å². The maximum absolute atomic E-state index is 13.2. The predicted molar refractivity (Wildman–Crippen MR) is 278 cm³/mol. The normalized spacial score (nSPS) is 31.4. The number of amides is 2. The number of hydrogen-bond acceptors (Lipinski definition) is 20. The zero-order chi connectivity index (χ0) is 56.9. The quantitative estimate of drug-likeness (QED) is 0.0303. The summed E-state index contributed by atoms with van der Waals surface area (Å²) in [6.07, 6.45) is -1.16. The van der Waals surface area contributed by atoms with Crippen molar-refractivity contribution in [2.45, 2.75) is 285 Å². The number of carboxylic acid groups (broad SMARTS) is 1. The summed E-state index contributed by atoms with van der Waals surface area (Å²) in [5.74, 6) is -6.15. The van der Waals surface area contributed by atoms with Gasteiger partial charge in [0.1, 0.15) is 67.1 Å². The lowest BCUT2D eigenvalue weighted by atomic mass is 9.88. The summed E-state index contributed by atoms with van der Waals surface area (Å²) in [5.41, 5.74) is 0. The Kier molecular flexibility index (Phi) is 33.5. The number of aliphatic hydroxyl groups is 11. The second kappa shape index (κ2) is 37.5. The maximum Gasteiger partial charge on any atom is 0.364 e. The third kappa shape index (κ3) is 22.7. The molecule has 0 saturated carbocycles. The first kappa shape index (κ1) is 68.7. The predicted octanol–water partition coefficient (Wildman–Crippen LogP) is 1.21. The van der Waals surface area contributed by atoms with Gasteiger partial charge < -0.3 is 100 Å². The molecular formula is C54H98N2O21. The van der Waals surface area contributed by atoms with Crippen molar-refractivity contribution in [1.29, 1.82) is 0 Å². The van der Waals surface area contributed by atoms with Crippen LogP contribution in [0, 0.1) is 0 Å². The summed E-state index contributed by atoms with van der Waals surface area (Å²) in [4.78, 5) is 38.2. The van der Waals surface area contributed by atoms with Gasteiger partial charge in [0.15, 0.2) is 12.6 Å². The van der Waals surface area contributed by atoms with Crippen molar-refractivity contribution in [2.24, 2.45) is 0 Å². The van der Waals surface area contributed by atoms with Crippen LogP contribution in [0.5, 0.6) is 0 Å². The smallest absolute Gasteiger partial charge is 0.364 e. The Balaban J connectivity index is 1.70. The first-order chi connectivity index (χ1) is 36.9. The van der Waals surface area contributed by atoms with Crippen molar-refractivity contribution >= 4 is 17.8 Å². The Labute approximate surface area is 454 Å². The molecule has 0 radical (unpaired) electrons. The molecule has 0 aromatic rings. The molecule has 3 rings (SSSR count). The van der Waals surface area contributed by atoms with E-state index in [1.165, 1.54) is 83.5 Å². The second-order valence-electron chi connectivity index (χ2n) is 21.2. The van der Waals surface area contributed by atoms with E-state index in [1.54, 1.807) is 6.08 Å². The largest absolute Gasteiger partial charge is 0.477 e. The number of aliphatic hydroxyl groups excluding tert-OH is 11. The minimum atomic E-state index is -3.08. The maximum atomic E-state index is 13.2. The molecular weight excluding hydrogens is 1010 g/mol. The van der Waals surface area contributed by atoms with Gasteiger partial charge in [-0.25, -0.2) is 4.79 Å². The van der Waals surface area contributed by atoms with Crippen LogP contribution in [0.15, 0.2) is 12.2 Å². The Morgan fingerprint density at radius 2 is 1.21 bits per heavy atom. The fraction of sp³-hybridized carbons (Fsp3) is 0.907. The molecule has 23 nitrogen and oxygen atoms in total. The molecule has 0 aliphatic carbocycles. The molecule has 3 heterocycles. The van der Waals surface area contributed by atoms with E-state index in [0.29, 0.717) is 12.8 Å². The van der Waals surface area contributed by atoms with E-state index >= 15 is 0 Å². The van der Waals surface area contributed by atoms with E-state index in [4.69, 9.17) is 28.4 Å². The number of aliphatic carboxylic acids is 1. The van der Waals surface area contributed by atoms with Gasteiger partial charge in [0.25, 0.3) is 5.79 Å². The number of carbonyl (C=O) groups excluding carboxylic acids is 2. The Morgan fingerprint density at radius 1 is 0.675 bits per heavy atom. The lowest BCUT2D eigenvalue weighted by molar-refractivity contribution is -0.386. The van der Waals surface area contributed by atoms with E-state index in [-0.39, 0.29) is 12.3 Å². The average molecular weight is 1110 g/mol. The number of ether oxygens (including phenoxy) is 6. The highest BCUT2D eigenvalue weighted by molar-refractivity contribution is 5.77. The summed E-state index contributed by atoms with van der Waals surface area (Å²) in [5, 5.41) is 135. The molecule has 14 N–H and O–H groups in total. The van der Waals surface area contributed by atoms with Gasteiger partial charge in [0.2, 0.25) is 11.8 Å². The van der Waals surface area contributed by atoms with Crippen molar-refractivity contribution in [3.8, 4) is 0 Å². The highest BCUT2D eigenvalue weighted by Crippen LogP contribution is 2.38. The number of rotatable bonds is 40. The van der Waals surface area contributed by atoms with Crippen molar-refractivity contribution in [1.82, 2.24) is 10.6 Å². The molecule has 18 unspecified atom stereocenters. The monoisotopic (exact) mass is 1110 g/mol. The number of unbranched alkanes of at least 4 members (excludes halogenated alkanes) is 20. The standard InChI is InChI=1S/C54H98N2O21/c1-4-6-8-10-12-14-15-16-17-18-20-21-23-25-27-36(61)35(56-41(64)28-26-24-22-19-13-11-9-7-5-2)33-72-51-46(68)45(67)48(40(32-59)74-51)75-52-47(69)50(44(66)39(31-58)73-52)77-54(53(70)71)29-37(62)42(55-34(3)60)49(76-54)43(65)38(63)30-57/h25,27,35-40,42-52,57-59,61-63,65-69H,4-24,26,28-33H2,1-3H3,(H,55,60)(H,56,64)(H,70,71)/b27-25+.